The lowest BCUT2D eigenvalue weighted by molar-refractivity contribution is 0.0691. The number of hydrogen-bond acceptors (Lipinski definition) is 4. The first-order valence-electron chi connectivity index (χ1n) is 5.28. The number of carboxylic acid groups (broad SMARTS) is 1. The van der Waals surface area contributed by atoms with Crippen molar-refractivity contribution in [3.05, 3.63) is 16.1 Å². The highest BCUT2D eigenvalue weighted by Gasteiger charge is 2.37. The first-order valence-corrected chi connectivity index (χ1v) is 6.16. The van der Waals surface area contributed by atoms with Gasteiger partial charge in [0.2, 0.25) is 0 Å². The second-order valence-electron chi connectivity index (χ2n) is 4.10. The molecule has 1 saturated carbocycles. The minimum atomic E-state index is -1.02. The molecule has 1 aromatic heterocycles. The van der Waals surface area contributed by atoms with E-state index >= 15 is 0 Å². The van der Waals surface area contributed by atoms with E-state index in [0.717, 1.165) is 32.1 Å². The summed E-state index contributed by atoms with van der Waals surface area (Å²) in [4.78, 5) is 14.8. The molecule has 0 amide bonds. The maximum atomic E-state index is 10.8. The van der Waals surface area contributed by atoms with E-state index in [1.165, 1.54) is 16.7 Å². The Morgan fingerprint density at radius 2 is 2.19 bits per heavy atom. The number of thiazole rings is 1. The largest absolute Gasteiger partial charge is 0.476 e. The van der Waals surface area contributed by atoms with E-state index in [2.05, 4.69) is 11.1 Å². The number of nitrogens with zero attached hydrogens (tertiary/aromatic N) is 2. The van der Waals surface area contributed by atoms with Crippen LogP contribution in [0.25, 0.3) is 0 Å². The minimum absolute atomic E-state index is 0.0557. The first kappa shape index (κ1) is 11.1. The Morgan fingerprint density at radius 3 is 2.69 bits per heavy atom. The van der Waals surface area contributed by atoms with E-state index in [-0.39, 0.29) is 5.69 Å². The summed E-state index contributed by atoms with van der Waals surface area (Å²) in [6.07, 6.45) is 4.80. The fourth-order valence-electron chi connectivity index (χ4n) is 2.12. The number of carboxylic acids is 1. The van der Waals surface area contributed by atoms with Crippen molar-refractivity contribution in [1.82, 2.24) is 4.98 Å². The molecule has 1 heterocycles. The maximum absolute atomic E-state index is 10.8. The van der Waals surface area contributed by atoms with E-state index < -0.39 is 11.4 Å². The van der Waals surface area contributed by atoms with Crippen LogP contribution in [-0.2, 0) is 5.41 Å². The van der Waals surface area contributed by atoms with Crippen LogP contribution < -0.4 is 0 Å². The van der Waals surface area contributed by atoms with Crippen LogP contribution in [0.5, 0.6) is 0 Å². The molecule has 1 aliphatic rings. The summed E-state index contributed by atoms with van der Waals surface area (Å²) in [6.45, 7) is 0. The molecular formula is C11H12N2O2S. The van der Waals surface area contributed by atoms with E-state index in [1.807, 2.05) is 0 Å². The van der Waals surface area contributed by atoms with Crippen molar-refractivity contribution in [2.75, 3.05) is 0 Å². The monoisotopic (exact) mass is 236 g/mol. The zero-order chi connectivity index (χ0) is 11.6. The smallest absolute Gasteiger partial charge is 0.355 e. The molecule has 4 nitrogen and oxygen atoms in total. The molecule has 1 N–H and O–H groups in total. The Bertz CT molecular complexity index is 441. The third-order valence-corrected chi connectivity index (χ3v) is 4.10. The van der Waals surface area contributed by atoms with Gasteiger partial charge in [-0.15, -0.1) is 11.3 Å². The molecule has 1 aromatic rings. The van der Waals surface area contributed by atoms with Gasteiger partial charge in [-0.1, -0.05) is 19.3 Å². The van der Waals surface area contributed by atoms with Gasteiger partial charge in [-0.3, -0.25) is 0 Å². The maximum Gasteiger partial charge on any atom is 0.355 e. The molecule has 0 aromatic carbocycles. The lowest BCUT2D eigenvalue weighted by Gasteiger charge is -2.28. The van der Waals surface area contributed by atoms with Gasteiger partial charge in [0.25, 0.3) is 0 Å². The van der Waals surface area contributed by atoms with E-state index in [1.54, 1.807) is 0 Å². The minimum Gasteiger partial charge on any atom is -0.476 e. The topological polar surface area (TPSA) is 74.0 Å². The van der Waals surface area contributed by atoms with Gasteiger partial charge in [0, 0.05) is 5.38 Å². The van der Waals surface area contributed by atoms with Crippen LogP contribution in [0.4, 0.5) is 0 Å². The number of carbonyl (C=O) groups is 1. The van der Waals surface area contributed by atoms with Crippen molar-refractivity contribution in [1.29, 1.82) is 5.26 Å². The first-order chi connectivity index (χ1) is 7.68. The highest BCUT2D eigenvalue weighted by atomic mass is 32.1. The fraction of sp³-hybridized carbons (Fsp3) is 0.545. The quantitative estimate of drug-likeness (QED) is 0.856. The number of aromatic carboxylic acids is 1. The van der Waals surface area contributed by atoms with E-state index in [0.29, 0.717) is 5.01 Å². The van der Waals surface area contributed by atoms with E-state index in [9.17, 15) is 10.1 Å². The Labute approximate surface area is 97.6 Å². The third-order valence-electron chi connectivity index (χ3n) is 3.05. The lowest BCUT2D eigenvalue weighted by atomic mass is 9.76. The fourth-order valence-corrected chi connectivity index (χ4v) is 3.12. The summed E-state index contributed by atoms with van der Waals surface area (Å²) in [6, 6.07) is 2.34. The predicted octanol–water partition coefficient (Wildman–Crippen LogP) is 2.57. The van der Waals surface area contributed by atoms with Crippen molar-refractivity contribution >= 4 is 17.3 Å². The standard InChI is InChI=1S/C11H12N2O2S/c12-7-11(4-2-1-3-5-11)10-13-8(6-16-10)9(14)15/h6H,1-5H2,(H,14,15). The van der Waals surface area contributed by atoms with Gasteiger partial charge in [-0.05, 0) is 12.8 Å². The molecule has 1 fully saturated rings. The third kappa shape index (κ3) is 1.81. The molecule has 0 atom stereocenters. The normalized spacial score (nSPS) is 18.9. The Kier molecular flexibility index (Phi) is 2.92. The van der Waals surface area contributed by atoms with E-state index in [4.69, 9.17) is 5.11 Å². The van der Waals surface area contributed by atoms with Gasteiger partial charge in [0.15, 0.2) is 5.69 Å². The van der Waals surface area contributed by atoms with Crippen LogP contribution in [0, 0.1) is 11.3 Å². The van der Waals surface area contributed by atoms with Gasteiger partial charge in [-0.25, -0.2) is 9.78 Å². The van der Waals surface area contributed by atoms with Crippen LogP contribution in [0.3, 0.4) is 0 Å². The number of hydrogen-bond donors (Lipinski definition) is 1. The summed E-state index contributed by atoms with van der Waals surface area (Å²) in [5.74, 6) is -1.02. The molecule has 84 valence electrons. The molecular weight excluding hydrogens is 224 g/mol. The van der Waals surface area contributed by atoms with Crippen molar-refractivity contribution in [3.63, 3.8) is 0 Å². The molecule has 5 heteroatoms. The van der Waals surface area contributed by atoms with Crippen molar-refractivity contribution in [2.24, 2.45) is 0 Å². The number of nitriles is 1. The van der Waals surface area contributed by atoms with Crippen LogP contribution >= 0.6 is 11.3 Å². The zero-order valence-corrected chi connectivity index (χ0v) is 9.59. The highest BCUT2D eigenvalue weighted by molar-refractivity contribution is 7.10. The molecule has 0 aliphatic heterocycles. The highest BCUT2D eigenvalue weighted by Crippen LogP contribution is 2.40. The van der Waals surface area contributed by atoms with Crippen LogP contribution in [0.15, 0.2) is 5.38 Å². The van der Waals surface area contributed by atoms with Crippen LogP contribution in [0.2, 0.25) is 0 Å². The molecule has 2 rings (SSSR count). The Balaban J connectivity index is 2.33. The van der Waals surface area contributed by atoms with Gasteiger partial charge in [-0.2, -0.15) is 5.26 Å². The summed E-state index contributed by atoms with van der Waals surface area (Å²) < 4.78 is 0. The molecule has 16 heavy (non-hydrogen) atoms. The second kappa shape index (κ2) is 4.22. The van der Waals surface area contributed by atoms with Crippen LogP contribution in [-0.4, -0.2) is 16.1 Å². The van der Waals surface area contributed by atoms with Crippen molar-refractivity contribution in [3.8, 4) is 6.07 Å². The summed E-state index contributed by atoms with van der Waals surface area (Å²) in [5, 5.41) is 20.3. The van der Waals surface area contributed by atoms with Crippen molar-refractivity contribution < 1.29 is 9.90 Å². The molecule has 0 radical (unpaired) electrons. The molecule has 0 saturated heterocycles. The molecule has 1 aliphatic carbocycles. The van der Waals surface area contributed by atoms with Gasteiger partial charge < -0.3 is 5.11 Å². The summed E-state index contributed by atoms with van der Waals surface area (Å²) in [7, 11) is 0. The van der Waals surface area contributed by atoms with Crippen LogP contribution in [0.1, 0.15) is 47.6 Å². The average Bonchev–Trinajstić information content (AvgIpc) is 2.80. The molecule has 0 spiro atoms. The Morgan fingerprint density at radius 1 is 1.50 bits per heavy atom. The second-order valence-corrected chi connectivity index (χ2v) is 4.96. The van der Waals surface area contributed by atoms with Gasteiger partial charge in [0.05, 0.1) is 6.07 Å². The van der Waals surface area contributed by atoms with Crippen molar-refractivity contribution in [2.45, 2.75) is 37.5 Å². The SMILES string of the molecule is N#CC1(c2nc(C(=O)O)cs2)CCCCC1. The molecule has 0 bridgehead atoms. The number of rotatable bonds is 2. The number of aromatic nitrogens is 1. The lowest BCUT2D eigenvalue weighted by Crippen LogP contribution is -2.27. The summed E-state index contributed by atoms with van der Waals surface area (Å²) >= 11 is 1.29. The Hall–Kier alpha value is -1.41. The molecule has 0 unspecified atom stereocenters. The van der Waals surface area contributed by atoms with Gasteiger partial charge in [0.1, 0.15) is 10.4 Å². The zero-order valence-electron chi connectivity index (χ0n) is 8.77. The predicted molar refractivity (Wildman–Crippen MR) is 59.4 cm³/mol. The average molecular weight is 236 g/mol. The summed E-state index contributed by atoms with van der Waals surface area (Å²) in [5.41, 5.74) is -0.475. The van der Waals surface area contributed by atoms with Gasteiger partial charge >= 0.3 is 5.97 Å².